The number of nitrogen functional groups attached to an aromatic ring is 1. The van der Waals surface area contributed by atoms with Crippen LogP contribution in [0.3, 0.4) is 0 Å². The molecule has 1 amide bonds. The summed E-state index contributed by atoms with van der Waals surface area (Å²) in [7, 11) is -2.16. The predicted octanol–water partition coefficient (Wildman–Crippen LogP) is 1.70. The Morgan fingerprint density at radius 3 is 2.72 bits per heavy atom. The highest BCUT2D eigenvalue weighted by Gasteiger charge is 2.26. The van der Waals surface area contributed by atoms with Crippen molar-refractivity contribution in [1.82, 2.24) is 4.72 Å². The Labute approximate surface area is 147 Å². The van der Waals surface area contributed by atoms with Crippen molar-refractivity contribution in [2.75, 3.05) is 24.2 Å². The Bertz CT molecular complexity index is 910. The molecule has 0 bridgehead atoms. The van der Waals surface area contributed by atoms with Crippen LogP contribution in [0, 0.1) is 0 Å². The Morgan fingerprint density at radius 2 is 2.00 bits per heavy atom. The van der Waals surface area contributed by atoms with Crippen LogP contribution in [0.5, 0.6) is 0 Å². The fraction of sp³-hybridized carbons (Fsp3) is 0.278. The van der Waals surface area contributed by atoms with Crippen molar-refractivity contribution in [3.05, 3.63) is 53.6 Å². The van der Waals surface area contributed by atoms with Gasteiger partial charge >= 0.3 is 0 Å². The van der Waals surface area contributed by atoms with E-state index in [-0.39, 0.29) is 10.8 Å². The summed E-state index contributed by atoms with van der Waals surface area (Å²) in [6.07, 6.45) is 1.62. The number of carbonyl (C=O) groups is 1. The van der Waals surface area contributed by atoms with E-state index in [1.807, 2.05) is 24.3 Å². The SMILES string of the molecule is CNS(=O)(=O)c1ccc2c(c1)N(C(=O)CCc1ccccc1N)CC2. The number of hydrogen-bond acceptors (Lipinski definition) is 4. The molecule has 6 nitrogen and oxygen atoms in total. The van der Waals surface area contributed by atoms with Crippen LogP contribution in [0.1, 0.15) is 17.5 Å². The molecule has 0 spiro atoms. The highest BCUT2D eigenvalue weighted by molar-refractivity contribution is 7.89. The van der Waals surface area contributed by atoms with E-state index in [0.717, 1.165) is 17.5 Å². The van der Waals surface area contributed by atoms with Gasteiger partial charge in [-0.1, -0.05) is 24.3 Å². The lowest BCUT2D eigenvalue weighted by Gasteiger charge is -2.18. The summed E-state index contributed by atoms with van der Waals surface area (Å²) in [5, 5.41) is 0. The Morgan fingerprint density at radius 1 is 1.24 bits per heavy atom. The minimum Gasteiger partial charge on any atom is -0.399 e. The van der Waals surface area contributed by atoms with Gasteiger partial charge in [0.15, 0.2) is 0 Å². The van der Waals surface area contributed by atoms with Gasteiger partial charge in [-0.05, 0) is 49.2 Å². The molecule has 0 radical (unpaired) electrons. The van der Waals surface area contributed by atoms with Gasteiger partial charge in [0.25, 0.3) is 0 Å². The average molecular weight is 359 g/mol. The maximum Gasteiger partial charge on any atom is 0.240 e. The summed E-state index contributed by atoms with van der Waals surface area (Å²) in [6, 6.07) is 12.4. The second kappa shape index (κ2) is 6.85. The van der Waals surface area contributed by atoms with Crippen molar-refractivity contribution < 1.29 is 13.2 Å². The molecular weight excluding hydrogens is 338 g/mol. The Kier molecular flexibility index (Phi) is 4.78. The van der Waals surface area contributed by atoms with Crippen molar-refractivity contribution in [3.8, 4) is 0 Å². The van der Waals surface area contributed by atoms with Crippen LogP contribution in [0.15, 0.2) is 47.4 Å². The van der Waals surface area contributed by atoms with Crippen LogP contribution >= 0.6 is 0 Å². The first kappa shape index (κ1) is 17.4. The van der Waals surface area contributed by atoms with Crippen LogP contribution in [0.4, 0.5) is 11.4 Å². The molecule has 0 saturated carbocycles. The van der Waals surface area contributed by atoms with Gasteiger partial charge < -0.3 is 10.6 Å². The number of rotatable bonds is 5. The molecule has 3 rings (SSSR count). The van der Waals surface area contributed by atoms with Crippen molar-refractivity contribution in [2.24, 2.45) is 0 Å². The van der Waals surface area contributed by atoms with Gasteiger partial charge in [0.1, 0.15) is 0 Å². The molecule has 0 unspecified atom stereocenters. The molecule has 1 aliphatic rings. The minimum absolute atomic E-state index is 0.0268. The maximum absolute atomic E-state index is 12.6. The Balaban J connectivity index is 1.78. The lowest BCUT2D eigenvalue weighted by Crippen LogP contribution is -2.29. The smallest absolute Gasteiger partial charge is 0.240 e. The fourth-order valence-corrected chi connectivity index (χ4v) is 3.79. The van der Waals surface area contributed by atoms with E-state index < -0.39 is 10.0 Å². The van der Waals surface area contributed by atoms with Crippen LogP contribution in [-0.2, 0) is 27.7 Å². The number of nitrogens with zero attached hydrogens (tertiary/aromatic N) is 1. The van der Waals surface area contributed by atoms with Gasteiger partial charge in [-0.2, -0.15) is 0 Å². The zero-order chi connectivity index (χ0) is 18.0. The van der Waals surface area contributed by atoms with E-state index in [4.69, 9.17) is 5.73 Å². The van der Waals surface area contributed by atoms with E-state index in [1.165, 1.54) is 7.05 Å². The summed E-state index contributed by atoms with van der Waals surface area (Å²) in [5.74, 6) is -0.0268. The van der Waals surface area contributed by atoms with Gasteiger partial charge in [0.05, 0.1) is 4.90 Å². The highest BCUT2D eigenvalue weighted by Crippen LogP contribution is 2.31. The van der Waals surface area contributed by atoms with Crippen LogP contribution in [0.25, 0.3) is 0 Å². The third-order valence-electron chi connectivity index (χ3n) is 4.50. The fourth-order valence-electron chi connectivity index (χ4n) is 3.04. The molecule has 3 N–H and O–H groups in total. The number of sulfonamides is 1. The van der Waals surface area contributed by atoms with Gasteiger partial charge in [-0.15, -0.1) is 0 Å². The van der Waals surface area contributed by atoms with E-state index in [1.54, 1.807) is 23.1 Å². The average Bonchev–Trinajstić information content (AvgIpc) is 3.04. The largest absolute Gasteiger partial charge is 0.399 e. The number of carbonyl (C=O) groups excluding carboxylic acids is 1. The first-order valence-corrected chi connectivity index (χ1v) is 9.61. The van der Waals surface area contributed by atoms with Crippen molar-refractivity contribution in [1.29, 1.82) is 0 Å². The van der Waals surface area contributed by atoms with Gasteiger partial charge in [-0.3, -0.25) is 4.79 Å². The molecule has 2 aromatic carbocycles. The number of hydrogen-bond donors (Lipinski definition) is 2. The van der Waals surface area contributed by atoms with Crippen LogP contribution < -0.4 is 15.4 Å². The topological polar surface area (TPSA) is 92.5 Å². The van der Waals surface area contributed by atoms with Gasteiger partial charge in [-0.25, -0.2) is 13.1 Å². The number of benzene rings is 2. The molecule has 0 saturated heterocycles. The van der Waals surface area contributed by atoms with E-state index in [9.17, 15) is 13.2 Å². The summed E-state index contributed by atoms with van der Waals surface area (Å²) in [6.45, 7) is 0.571. The second-order valence-corrected chi connectivity index (χ2v) is 7.88. The lowest BCUT2D eigenvalue weighted by molar-refractivity contribution is -0.118. The number of amides is 1. The molecular formula is C18H21N3O3S. The monoisotopic (exact) mass is 359 g/mol. The summed E-state index contributed by atoms with van der Waals surface area (Å²) in [5.41, 5.74) is 9.22. The maximum atomic E-state index is 12.6. The van der Waals surface area contributed by atoms with Crippen molar-refractivity contribution in [2.45, 2.75) is 24.2 Å². The number of fused-ring (bicyclic) bond motifs is 1. The summed E-state index contributed by atoms with van der Waals surface area (Å²) >= 11 is 0. The first-order chi connectivity index (χ1) is 11.9. The highest BCUT2D eigenvalue weighted by atomic mass is 32.2. The molecule has 1 heterocycles. The van der Waals surface area contributed by atoms with Crippen molar-refractivity contribution in [3.63, 3.8) is 0 Å². The quantitative estimate of drug-likeness (QED) is 0.795. The summed E-state index contributed by atoms with van der Waals surface area (Å²) in [4.78, 5) is 14.5. The van der Waals surface area contributed by atoms with Gasteiger partial charge in [0, 0.05) is 24.3 Å². The lowest BCUT2D eigenvalue weighted by atomic mass is 10.1. The number of aryl methyl sites for hydroxylation is 1. The second-order valence-electron chi connectivity index (χ2n) is 5.99. The van der Waals surface area contributed by atoms with Crippen LogP contribution in [0.2, 0.25) is 0 Å². The number of nitrogens with one attached hydrogen (secondary N) is 1. The standard InChI is InChI=1S/C18H21N3O3S/c1-20-25(23,24)15-8-6-14-10-11-21(17(14)12-15)18(22)9-7-13-4-2-3-5-16(13)19/h2-6,8,12,20H,7,9-11,19H2,1H3. The summed E-state index contributed by atoms with van der Waals surface area (Å²) < 4.78 is 26.3. The molecule has 1 aliphatic heterocycles. The molecule has 7 heteroatoms. The first-order valence-electron chi connectivity index (χ1n) is 8.12. The normalized spacial score (nSPS) is 13.7. The number of anilines is 2. The molecule has 0 fully saturated rings. The Hall–Kier alpha value is -2.38. The van der Waals surface area contributed by atoms with Gasteiger partial charge in [0.2, 0.25) is 15.9 Å². The van der Waals surface area contributed by atoms with Crippen molar-refractivity contribution >= 4 is 27.3 Å². The third kappa shape index (κ3) is 3.52. The molecule has 25 heavy (non-hydrogen) atoms. The minimum atomic E-state index is -3.53. The van der Waals surface area contributed by atoms with Crippen LogP contribution in [-0.4, -0.2) is 27.9 Å². The third-order valence-corrected chi connectivity index (χ3v) is 5.91. The zero-order valence-corrected chi connectivity index (χ0v) is 14.8. The molecule has 0 atom stereocenters. The zero-order valence-electron chi connectivity index (χ0n) is 14.0. The predicted molar refractivity (Wildman–Crippen MR) is 97.9 cm³/mol. The molecule has 2 aromatic rings. The van der Waals surface area contributed by atoms with E-state index in [2.05, 4.69) is 4.72 Å². The number of para-hydroxylation sites is 1. The number of nitrogens with two attached hydrogens (primary N) is 1. The molecule has 0 aromatic heterocycles. The van der Waals surface area contributed by atoms with E-state index in [0.29, 0.717) is 30.8 Å². The molecule has 132 valence electrons. The van der Waals surface area contributed by atoms with E-state index >= 15 is 0 Å². The molecule has 0 aliphatic carbocycles.